The molecular weight excluding hydrogens is 312 g/mol. The van der Waals surface area contributed by atoms with Crippen LogP contribution < -0.4 is 0 Å². The van der Waals surface area contributed by atoms with Crippen molar-refractivity contribution in [3.8, 4) is 6.07 Å². The zero-order valence-electron chi connectivity index (χ0n) is 11.1. The van der Waals surface area contributed by atoms with Gasteiger partial charge in [0.05, 0.1) is 0 Å². The van der Waals surface area contributed by atoms with Gasteiger partial charge in [0.25, 0.3) is 0 Å². The standard InChI is InChI=1S/C17H13BrN2/c1-12-15-9-14(18)7-8-16(15)20(17(12)10-19)11-13-5-3-2-4-6-13/h2-9H,11H2,1H3. The minimum Gasteiger partial charge on any atom is -0.328 e. The first-order valence-corrected chi connectivity index (χ1v) is 7.22. The molecule has 1 heterocycles. The molecule has 3 aromatic rings. The summed E-state index contributed by atoms with van der Waals surface area (Å²) < 4.78 is 3.13. The van der Waals surface area contributed by atoms with Crippen molar-refractivity contribution in [1.29, 1.82) is 5.26 Å². The van der Waals surface area contributed by atoms with E-state index >= 15 is 0 Å². The summed E-state index contributed by atoms with van der Waals surface area (Å²) in [5.74, 6) is 0. The second kappa shape index (κ2) is 5.15. The van der Waals surface area contributed by atoms with Crippen LogP contribution in [0.25, 0.3) is 10.9 Å². The highest BCUT2D eigenvalue weighted by Gasteiger charge is 2.14. The smallest absolute Gasteiger partial charge is 0.124 e. The summed E-state index contributed by atoms with van der Waals surface area (Å²) in [5, 5.41) is 10.6. The fourth-order valence-corrected chi connectivity index (χ4v) is 2.93. The maximum absolute atomic E-state index is 9.47. The van der Waals surface area contributed by atoms with Gasteiger partial charge >= 0.3 is 0 Å². The summed E-state index contributed by atoms with van der Waals surface area (Å²) in [6, 6.07) is 18.7. The highest BCUT2D eigenvalue weighted by Crippen LogP contribution is 2.28. The van der Waals surface area contributed by atoms with Gasteiger partial charge in [-0.1, -0.05) is 46.3 Å². The first-order chi connectivity index (χ1) is 9.70. The Morgan fingerprint density at radius 3 is 2.60 bits per heavy atom. The molecule has 2 aromatic carbocycles. The van der Waals surface area contributed by atoms with Crippen molar-refractivity contribution in [2.24, 2.45) is 0 Å². The molecule has 0 atom stereocenters. The van der Waals surface area contributed by atoms with E-state index in [0.29, 0.717) is 0 Å². The Kier molecular flexibility index (Phi) is 3.33. The molecule has 3 rings (SSSR count). The van der Waals surface area contributed by atoms with Gasteiger partial charge in [0.1, 0.15) is 11.8 Å². The molecule has 0 unspecified atom stereocenters. The number of rotatable bonds is 2. The molecule has 0 fully saturated rings. The number of aromatic nitrogens is 1. The van der Waals surface area contributed by atoms with Crippen molar-refractivity contribution < 1.29 is 0 Å². The maximum Gasteiger partial charge on any atom is 0.124 e. The van der Waals surface area contributed by atoms with E-state index in [9.17, 15) is 5.26 Å². The average Bonchev–Trinajstić information content (AvgIpc) is 2.72. The first-order valence-electron chi connectivity index (χ1n) is 6.43. The van der Waals surface area contributed by atoms with E-state index in [1.165, 1.54) is 5.56 Å². The minimum absolute atomic E-state index is 0.718. The van der Waals surface area contributed by atoms with Crippen molar-refractivity contribution in [3.63, 3.8) is 0 Å². The van der Waals surface area contributed by atoms with E-state index in [1.54, 1.807) is 0 Å². The number of hydrogen-bond acceptors (Lipinski definition) is 1. The Balaban J connectivity index is 2.22. The molecule has 0 amide bonds. The van der Waals surface area contributed by atoms with Crippen LogP contribution in [0, 0.1) is 18.3 Å². The summed E-state index contributed by atoms with van der Waals surface area (Å²) in [6.45, 7) is 2.73. The Morgan fingerprint density at radius 1 is 1.15 bits per heavy atom. The number of halogens is 1. The van der Waals surface area contributed by atoms with Crippen LogP contribution in [0.3, 0.4) is 0 Å². The lowest BCUT2D eigenvalue weighted by atomic mass is 10.1. The van der Waals surface area contributed by atoms with Crippen LogP contribution in [0.2, 0.25) is 0 Å². The lowest BCUT2D eigenvalue weighted by Gasteiger charge is -2.07. The molecule has 3 heteroatoms. The van der Waals surface area contributed by atoms with Crippen LogP contribution in [0.15, 0.2) is 53.0 Å². The van der Waals surface area contributed by atoms with Gasteiger partial charge in [-0.3, -0.25) is 0 Å². The minimum atomic E-state index is 0.718. The van der Waals surface area contributed by atoms with Crippen molar-refractivity contribution in [2.75, 3.05) is 0 Å². The first kappa shape index (κ1) is 13.0. The molecule has 0 aliphatic heterocycles. The van der Waals surface area contributed by atoms with Gasteiger partial charge < -0.3 is 4.57 Å². The molecule has 0 saturated carbocycles. The van der Waals surface area contributed by atoms with Gasteiger partial charge in [-0.15, -0.1) is 0 Å². The van der Waals surface area contributed by atoms with Crippen LogP contribution in [-0.4, -0.2) is 4.57 Å². The number of hydrogen-bond donors (Lipinski definition) is 0. The third-order valence-corrected chi connectivity index (χ3v) is 4.06. The fourth-order valence-electron chi connectivity index (χ4n) is 2.57. The van der Waals surface area contributed by atoms with Crippen LogP contribution in [0.4, 0.5) is 0 Å². The zero-order valence-corrected chi connectivity index (χ0v) is 12.7. The topological polar surface area (TPSA) is 28.7 Å². The van der Waals surface area contributed by atoms with Crippen LogP contribution in [-0.2, 0) is 6.54 Å². The molecule has 98 valence electrons. The highest BCUT2D eigenvalue weighted by atomic mass is 79.9. The van der Waals surface area contributed by atoms with Gasteiger partial charge in [-0.05, 0) is 36.2 Å². The summed E-state index contributed by atoms with van der Waals surface area (Å²) in [5.41, 5.74) is 4.08. The molecule has 0 spiro atoms. The third kappa shape index (κ3) is 2.13. The quantitative estimate of drug-likeness (QED) is 0.675. The lowest BCUT2D eigenvalue weighted by Crippen LogP contribution is -2.02. The second-order valence-electron chi connectivity index (χ2n) is 4.82. The Morgan fingerprint density at radius 2 is 1.90 bits per heavy atom. The largest absolute Gasteiger partial charge is 0.328 e. The molecule has 1 aromatic heterocycles. The van der Waals surface area contributed by atoms with Crippen molar-refractivity contribution in [3.05, 3.63) is 69.8 Å². The predicted octanol–water partition coefficient (Wildman–Crippen LogP) is 4.63. The molecule has 0 radical (unpaired) electrons. The van der Waals surface area contributed by atoms with Gasteiger partial charge in [0, 0.05) is 21.9 Å². The average molecular weight is 325 g/mol. The molecule has 0 N–H and O–H groups in total. The normalized spacial score (nSPS) is 10.7. The Bertz CT molecular complexity index is 810. The van der Waals surface area contributed by atoms with Gasteiger partial charge in [0.15, 0.2) is 0 Å². The molecule has 0 aliphatic carbocycles. The number of fused-ring (bicyclic) bond motifs is 1. The summed E-state index contributed by atoms with van der Waals surface area (Å²) in [6.07, 6.45) is 0. The number of aryl methyl sites for hydroxylation is 1. The summed E-state index contributed by atoms with van der Waals surface area (Å²) in [7, 11) is 0. The molecular formula is C17H13BrN2. The van der Waals surface area contributed by atoms with E-state index < -0.39 is 0 Å². The summed E-state index contributed by atoms with van der Waals surface area (Å²) >= 11 is 3.50. The van der Waals surface area contributed by atoms with Gasteiger partial charge in [-0.25, -0.2) is 0 Å². The van der Waals surface area contributed by atoms with Crippen LogP contribution >= 0.6 is 15.9 Å². The molecule has 0 bridgehead atoms. The van der Waals surface area contributed by atoms with Gasteiger partial charge in [-0.2, -0.15) is 5.26 Å². The SMILES string of the molecule is Cc1c(C#N)n(Cc2ccccc2)c2ccc(Br)cc12. The fraction of sp³-hybridized carbons (Fsp3) is 0.118. The highest BCUT2D eigenvalue weighted by molar-refractivity contribution is 9.10. The van der Waals surface area contributed by atoms with Crippen molar-refractivity contribution >= 4 is 26.8 Å². The number of benzene rings is 2. The van der Waals surface area contributed by atoms with Crippen molar-refractivity contribution in [1.82, 2.24) is 4.57 Å². The third-order valence-electron chi connectivity index (χ3n) is 3.57. The monoisotopic (exact) mass is 324 g/mol. The van der Waals surface area contributed by atoms with E-state index in [1.807, 2.05) is 31.2 Å². The van der Waals surface area contributed by atoms with E-state index in [-0.39, 0.29) is 0 Å². The van der Waals surface area contributed by atoms with Gasteiger partial charge in [0.2, 0.25) is 0 Å². The van der Waals surface area contributed by atoms with E-state index in [4.69, 9.17) is 0 Å². The van der Waals surface area contributed by atoms with E-state index in [2.05, 4.69) is 50.8 Å². The number of nitrogens with zero attached hydrogens (tertiary/aromatic N) is 2. The lowest BCUT2D eigenvalue weighted by molar-refractivity contribution is 0.820. The predicted molar refractivity (Wildman–Crippen MR) is 84.6 cm³/mol. The van der Waals surface area contributed by atoms with Crippen molar-refractivity contribution in [2.45, 2.75) is 13.5 Å². The van der Waals surface area contributed by atoms with Crippen LogP contribution in [0.5, 0.6) is 0 Å². The number of nitriles is 1. The molecule has 20 heavy (non-hydrogen) atoms. The Hall–Kier alpha value is -2.05. The Labute approximate surface area is 126 Å². The van der Waals surface area contributed by atoms with Crippen LogP contribution in [0.1, 0.15) is 16.8 Å². The molecule has 0 saturated heterocycles. The molecule has 2 nitrogen and oxygen atoms in total. The maximum atomic E-state index is 9.47. The molecule has 0 aliphatic rings. The van der Waals surface area contributed by atoms with E-state index in [0.717, 1.165) is 33.2 Å². The second-order valence-corrected chi connectivity index (χ2v) is 5.73. The summed E-state index contributed by atoms with van der Waals surface area (Å²) in [4.78, 5) is 0. The zero-order chi connectivity index (χ0) is 14.1.